The van der Waals surface area contributed by atoms with E-state index < -0.39 is 5.97 Å². The van der Waals surface area contributed by atoms with Crippen LogP contribution in [0.2, 0.25) is 5.02 Å². The molecule has 0 bridgehead atoms. The van der Waals surface area contributed by atoms with Crippen molar-refractivity contribution in [3.8, 4) is 17.3 Å². The number of halogens is 1. The number of nitrogens with one attached hydrogen (secondary N) is 1. The monoisotopic (exact) mass is 593 g/mol. The lowest BCUT2D eigenvalue weighted by Crippen LogP contribution is -2.17. The Morgan fingerprint density at radius 1 is 1.14 bits per heavy atom. The van der Waals surface area contributed by atoms with Crippen LogP contribution < -0.4 is 5.32 Å². The number of nitrogens with zero attached hydrogens (tertiary/aromatic N) is 6. The maximum atomic E-state index is 13.1. The SMILES string of the molecule is Cc1c(Cl)cccc1Nc1ccccc1C(=O)OCCn1ccc2c(-c3cnn([C@H](CC#N)C4CCCC4)c3)ncnc21. The Labute approximate surface area is 255 Å². The van der Waals surface area contributed by atoms with Crippen LogP contribution in [0.4, 0.5) is 11.4 Å². The van der Waals surface area contributed by atoms with Crippen molar-refractivity contribution in [2.75, 3.05) is 11.9 Å². The molecule has 43 heavy (non-hydrogen) atoms. The molecule has 0 aliphatic heterocycles. The Morgan fingerprint density at radius 3 is 2.79 bits per heavy atom. The lowest BCUT2D eigenvalue weighted by molar-refractivity contribution is 0.0493. The smallest absolute Gasteiger partial charge is 0.340 e. The molecule has 218 valence electrons. The Bertz CT molecular complexity index is 1800. The van der Waals surface area contributed by atoms with E-state index in [0.717, 1.165) is 46.4 Å². The Kier molecular flexibility index (Phi) is 8.38. The van der Waals surface area contributed by atoms with Crippen LogP contribution >= 0.6 is 11.6 Å². The molecule has 1 saturated carbocycles. The molecule has 0 radical (unpaired) electrons. The second-order valence-electron chi connectivity index (χ2n) is 10.9. The van der Waals surface area contributed by atoms with Crippen molar-refractivity contribution in [1.82, 2.24) is 24.3 Å². The minimum Gasteiger partial charge on any atom is -0.460 e. The minimum atomic E-state index is -0.420. The van der Waals surface area contributed by atoms with Gasteiger partial charge in [0.05, 0.1) is 48.2 Å². The zero-order chi connectivity index (χ0) is 29.8. The molecule has 1 N–H and O–H groups in total. The number of carbonyl (C=O) groups excluding carboxylic acids is 1. The van der Waals surface area contributed by atoms with Crippen LogP contribution in [0.15, 0.2) is 73.4 Å². The average molecular weight is 594 g/mol. The molecular weight excluding hydrogens is 562 g/mol. The van der Waals surface area contributed by atoms with Gasteiger partial charge in [0.15, 0.2) is 0 Å². The molecule has 1 fully saturated rings. The van der Waals surface area contributed by atoms with Crippen molar-refractivity contribution in [2.45, 2.75) is 51.6 Å². The Hall–Kier alpha value is -4.68. The van der Waals surface area contributed by atoms with E-state index in [1.165, 1.54) is 12.8 Å². The normalized spacial score (nSPS) is 14.1. The quantitative estimate of drug-likeness (QED) is 0.167. The second-order valence-corrected chi connectivity index (χ2v) is 11.3. The molecule has 1 aliphatic carbocycles. The number of aromatic nitrogens is 5. The molecule has 1 atom stereocenters. The van der Waals surface area contributed by atoms with Crippen LogP contribution in [0, 0.1) is 24.2 Å². The second kappa shape index (κ2) is 12.7. The summed E-state index contributed by atoms with van der Waals surface area (Å²) < 4.78 is 9.59. The Morgan fingerprint density at radius 2 is 1.95 bits per heavy atom. The van der Waals surface area contributed by atoms with Gasteiger partial charge < -0.3 is 14.6 Å². The summed E-state index contributed by atoms with van der Waals surface area (Å²) in [4.78, 5) is 22.2. The summed E-state index contributed by atoms with van der Waals surface area (Å²) in [5.74, 6) is 0.0569. The topological polar surface area (TPSA) is 111 Å². The third-order valence-corrected chi connectivity index (χ3v) is 8.67. The Balaban J connectivity index is 1.15. The van der Waals surface area contributed by atoms with Gasteiger partial charge in [0.1, 0.15) is 18.6 Å². The van der Waals surface area contributed by atoms with Gasteiger partial charge in [0, 0.05) is 34.1 Å². The molecule has 6 rings (SSSR count). The van der Waals surface area contributed by atoms with Gasteiger partial charge in [-0.3, -0.25) is 4.68 Å². The van der Waals surface area contributed by atoms with Gasteiger partial charge in [-0.05, 0) is 61.6 Å². The molecule has 2 aromatic carbocycles. The van der Waals surface area contributed by atoms with E-state index in [-0.39, 0.29) is 12.6 Å². The first-order valence-electron chi connectivity index (χ1n) is 14.5. The lowest BCUT2D eigenvalue weighted by atomic mass is 9.96. The molecule has 0 unspecified atom stereocenters. The number of hydrogen-bond acceptors (Lipinski definition) is 7. The van der Waals surface area contributed by atoms with E-state index >= 15 is 0 Å². The standard InChI is InChI=1S/C33H32ClN7O2/c1-22-27(34)10-6-12-28(22)39-29-11-5-4-9-25(29)33(42)43-18-17-40-16-14-26-31(36-21-37-32(26)40)24-19-38-41(20-24)30(13-15-35)23-7-2-3-8-23/h4-6,9-12,14,16,19-21,23,30,39H,2-3,7-8,13,17-18H2,1H3/t30-/m1/s1. The highest BCUT2D eigenvalue weighted by molar-refractivity contribution is 6.31. The van der Waals surface area contributed by atoms with E-state index in [1.807, 2.05) is 77.2 Å². The first-order chi connectivity index (χ1) is 21.0. The predicted octanol–water partition coefficient (Wildman–Crippen LogP) is 7.50. The van der Waals surface area contributed by atoms with Crippen LogP contribution in [0.5, 0.6) is 0 Å². The minimum absolute atomic E-state index is 0.0766. The number of fused-ring (bicyclic) bond motifs is 1. The highest BCUT2D eigenvalue weighted by atomic mass is 35.5. The molecule has 9 nitrogen and oxygen atoms in total. The molecule has 0 saturated heterocycles. The highest BCUT2D eigenvalue weighted by Gasteiger charge is 2.27. The average Bonchev–Trinajstić information content (AvgIpc) is 3.81. The third kappa shape index (κ3) is 5.97. The largest absolute Gasteiger partial charge is 0.460 e. The first kappa shape index (κ1) is 28.4. The summed E-state index contributed by atoms with van der Waals surface area (Å²) in [5.41, 5.74) is 5.22. The van der Waals surface area contributed by atoms with Gasteiger partial charge in [-0.1, -0.05) is 42.6 Å². The third-order valence-electron chi connectivity index (χ3n) is 8.26. The maximum Gasteiger partial charge on any atom is 0.340 e. The first-order valence-corrected chi connectivity index (χ1v) is 14.9. The summed E-state index contributed by atoms with van der Waals surface area (Å²) in [7, 11) is 0. The number of ether oxygens (including phenoxy) is 1. The molecule has 0 spiro atoms. The fourth-order valence-corrected chi connectivity index (χ4v) is 6.11. The van der Waals surface area contributed by atoms with E-state index in [9.17, 15) is 10.1 Å². The number of rotatable bonds is 10. The van der Waals surface area contributed by atoms with Crippen molar-refractivity contribution in [3.05, 3.63) is 89.6 Å². The summed E-state index contributed by atoms with van der Waals surface area (Å²) in [6.07, 6.45) is 12.4. The number of carbonyl (C=O) groups is 1. The van der Waals surface area contributed by atoms with E-state index in [4.69, 9.17) is 16.3 Å². The van der Waals surface area contributed by atoms with E-state index in [2.05, 4.69) is 26.5 Å². The number of esters is 1. The lowest BCUT2D eigenvalue weighted by Gasteiger charge is -2.21. The zero-order valence-corrected chi connectivity index (χ0v) is 24.7. The van der Waals surface area contributed by atoms with Crippen LogP contribution in [0.1, 0.15) is 54.1 Å². The molecule has 5 aromatic rings. The van der Waals surface area contributed by atoms with Crippen LogP contribution in [-0.2, 0) is 11.3 Å². The van der Waals surface area contributed by atoms with Crippen molar-refractivity contribution < 1.29 is 9.53 Å². The summed E-state index contributed by atoms with van der Waals surface area (Å²) in [6.45, 7) is 2.53. The summed E-state index contributed by atoms with van der Waals surface area (Å²) in [6, 6.07) is 17.3. The van der Waals surface area contributed by atoms with Gasteiger partial charge in [-0.15, -0.1) is 0 Å². The predicted molar refractivity (Wildman–Crippen MR) is 166 cm³/mol. The highest BCUT2D eigenvalue weighted by Crippen LogP contribution is 2.37. The summed E-state index contributed by atoms with van der Waals surface area (Å²) >= 11 is 6.28. The molecule has 3 heterocycles. The van der Waals surface area contributed by atoms with Gasteiger partial charge in [0.25, 0.3) is 0 Å². The van der Waals surface area contributed by atoms with Gasteiger partial charge in [-0.2, -0.15) is 10.4 Å². The van der Waals surface area contributed by atoms with Crippen molar-refractivity contribution >= 4 is 40.0 Å². The fraction of sp³-hybridized carbons (Fsp3) is 0.303. The number of hydrogen-bond donors (Lipinski definition) is 1. The van der Waals surface area contributed by atoms with E-state index in [1.54, 1.807) is 12.4 Å². The van der Waals surface area contributed by atoms with Crippen LogP contribution in [0.3, 0.4) is 0 Å². The molecule has 1 aliphatic rings. The molecule has 3 aromatic heterocycles. The number of anilines is 2. The number of para-hydroxylation sites is 1. The van der Waals surface area contributed by atoms with Crippen molar-refractivity contribution in [3.63, 3.8) is 0 Å². The number of nitriles is 1. The molecular formula is C33H32ClN7O2. The maximum absolute atomic E-state index is 13.1. The van der Waals surface area contributed by atoms with Crippen molar-refractivity contribution in [2.24, 2.45) is 5.92 Å². The van der Waals surface area contributed by atoms with Gasteiger partial charge >= 0.3 is 5.97 Å². The fourth-order valence-electron chi connectivity index (χ4n) is 5.94. The molecule has 10 heteroatoms. The molecule has 0 amide bonds. The van der Waals surface area contributed by atoms with Crippen LogP contribution in [0.25, 0.3) is 22.3 Å². The van der Waals surface area contributed by atoms with Crippen LogP contribution in [-0.4, -0.2) is 36.9 Å². The summed E-state index contributed by atoms with van der Waals surface area (Å²) in [5, 5.41) is 18.9. The van der Waals surface area contributed by atoms with E-state index in [0.29, 0.717) is 35.2 Å². The zero-order valence-electron chi connectivity index (χ0n) is 23.9. The van der Waals surface area contributed by atoms with Gasteiger partial charge in [-0.25, -0.2) is 14.8 Å². The van der Waals surface area contributed by atoms with Crippen molar-refractivity contribution in [1.29, 1.82) is 5.26 Å². The van der Waals surface area contributed by atoms with Gasteiger partial charge in [0.2, 0.25) is 0 Å². The number of benzene rings is 2.